The first-order chi connectivity index (χ1) is 10.1. The first-order valence-corrected chi connectivity index (χ1v) is 7.84. The molecule has 1 fully saturated rings. The van der Waals surface area contributed by atoms with Crippen LogP contribution in [-0.4, -0.2) is 52.8 Å². The standard InChI is InChI=1S/C14H24ClN5O/c1-10-12(15)13(19-14(16)18-10)17-5-3-7-20-6-2-4-11(8-20)9-21/h11,21H,2-9H2,1H3,(H3,16,17,18,19). The average Bonchev–Trinajstić information content (AvgIpc) is 2.48. The Labute approximate surface area is 130 Å². The number of likely N-dealkylation sites (tertiary alicyclic amines) is 1. The summed E-state index contributed by atoms with van der Waals surface area (Å²) in [7, 11) is 0. The van der Waals surface area contributed by atoms with Crippen LogP contribution in [0.3, 0.4) is 0 Å². The van der Waals surface area contributed by atoms with E-state index in [9.17, 15) is 5.11 Å². The third-order valence-electron chi connectivity index (χ3n) is 3.84. The lowest BCUT2D eigenvalue weighted by atomic mass is 9.99. The van der Waals surface area contributed by atoms with Crippen molar-refractivity contribution in [3.63, 3.8) is 0 Å². The molecule has 0 bridgehead atoms. The monoisotopic (exact) mass is 313 g/mol. The smallest absolute Gasteiger partial charge is 0.222 e. The number of nitrogen functional groups attached to an aromatic ring is 1. The number of piperidine rings is 1. The molecule has 1 aliphatic rings. The highest BCUT2D eigenvalue weighted by atomic mass is 35.5. The maximum Gasteiger partial charge on any atom is 0.222 e. The summed E-state index contributed by atoms with van der Waals surface area (Å²) in [5, 5.41) is 13.0. The van der Waals surface area contributed by atoms with Crippen molar-refractivity contribution in [3.8, 4) is 0 Å². The number of anilines is 2. The molecule has 1 atom stereocenters. The average molecular weight is 314 g/mol. The number of aromatic nitrogens is 2. The number of rotatable bonds is 6. The molecule has 6 nitrogen and oxygen atoms in total. The molecule has 2 heterocycles. The van der Waals surface area contributed by atoms with E-state index < -0.39 is 0 Å². The highest BCUT2D eigenvalue weighted by molar-refractivity contribution is 6.33. The van der Waals surface area contributed by atoms with Gasteiger partial charge in [-0.05, 0) is 45.2 Å². The van der Waals surface area contributed by atoms with Crippen LogP contribution in [0.25, 0.3) is 0 Å². The Kier molecular flexibility index (Phi) is 6.02. The number of nitrogens with two attached hydrogens (primary N) is 1. The van der Waals surface area contributed by atoms with Crippen molar-refractivity contribution in [1.82, 2.24) is 14.9 Å². The predicted molar refractivity (Wildman–Crippen MR) is 85.5 cm³/mol. The Balaban J connectivity index is 1.75. The first kappa shape index (κ1) is 16.3. The van der Waals surface area contributed by atoms with E-state index >= 15 is 0 Å². The van der Waals surface area contributed by atoms with Crippen LogP contribution in [0, 0.1) is 12.8 Å². The SMILES string of the molecule is Cc1nc(N)nc(NCCCN2CCCC(CO)C2)c1Cl. The van der Waals surface area contributed by atoms with Crippen molar-refractivity contribution >= 4 is 23.4 Å². The number of hydrogen-bond donors (Lipinski definition) is 3. The van der Waals surface area contributed by atoms with Gasteiger partial charge in [0.25, 0.3) is 0 Å². The molecular weight excluding hydrogens is 290 g/mol. The van der Waals surface area contributed by atoms with Crippen LogP contribution in [0.4, 0.5) is 11.8 Å². The van der Waals surface area contributed by atoms with Crippen LogP contribution in [0.1, 0.15) is 25.0 Å². The lowest BCUT2D eigenvalue weighted by Crippen LogP contribution is -2.37. The first-order valence-electron chi connectivity index (χ1n) is 7.47. The topological polar surface area (TPSA) is 87.3 Å². The Morgan fingerprint density at radius 2 is 2.29 bits per heavy atom. The molecule has 1 aromatic rings. The molecule has 21 heavy (non-hydrogen) atoms. The van der Waals surface area contributed by atoms with Gasteiger partial charge in [0.15, 0.2) is 5.82 Å². The molecule has 0 amide bonds. The van der Waals surface area contributed by atoms with E-state index in [-0.39, 0.29) is 5.95 Å². The minimum atomic E-state index is 0.237. The molecule has 118 valence electrons. The highest BCUT2D eigenvalue weighted by Crippen LogP contribution is 2.22. The third-order valence-corrected chi connectivity index (χ3v) is 4.29. The number of hydrogen-bond acceptors (Lipinski definition) is 6. The molecule has 0 saturated carbocycles. The van der Waals surface area contributed by atoms with E-state index in [1.165, 1.54) is 6.42 Å². The second kappa shape index (κ2) is 7.77. The highest BCUT2D eigenvalue weighted by Gasteiger charge is 2.18. The quantitative estimate of drug-likeness (QED) is 0.690. The van der Waals surface area contributed by atoms with E-state index in [4.69, 9.17) is 17.3 Å². The summed E-state index contributed by atoms with van der Waals surface area (Å²) in [4.78, 5) is 10.5. The number of nitrogens with zero attached hydrogens (tertiary/aromatic N) is 3. The van der Waals surface area contributed by atoms with Gasteiger partial charge in [-0.1, -0.05) is 11.6 Å². The summed E-state index contributed by atoms with van der Waals surface area (Å²) in [5.41, 5.74) is 6.32. The number of nitrogens with one attached hydrogen (secondary N) is 1. The van der Waals surface area contributed by atoms with Crippen molar-refractivity contribution < 1.29 is 5.11 Å². The minimum Gasteiger partial charge on any atom is -0.396 e. The summed E-state index contributed by atoms with van der Waals surface area (Å²) in [6, 6.07) is 0. The molecule has 1 aromatic heterocycles. The van der Waals surface area contributed by atoms with Gasteiger partial charge in [-0.15, -0.1) is 0 Å². The zero-order chi connectivity index (χ0) is 15.2. The van der Waals surface area contributed by atoms with Crippen molar-refractivity contribution in [2.75, 3.05) is 43.8 Å². The zero-order valence-electron chi connectivity index (χ0n) is 12.5. The molecule has 0 radical (unpaired) electrons. The lowest BCUT2D eigenvalue weighted by molar-refractivity contribution is 0.120. The van der Waals surface area contributed by atoms with Crippen molar-refractivity contribution in [3.05, 3.63) is 10.7 Å². The normalized spacial score (nSPS) is 19.7. The number of aliphatic hydroxyl groups excluding tert-OH is 1. The van der Waals surface area contributed by atoms with E-state index in [2.05, 4.69) is 20.2 Å². The second-order valence-electron chi connectivity index (χ2n) is 5.60. The molecule has 0 spiro atoms. The molecule has 4 N–H and O–H groups in total. The molecule has 1 saturated heterocycles. The summed E-state index contributed by atoms with van der Waals surface area (Å²) in [5.74, 6) is 1.28. The van der Waals surface area contributed by atoms with E-state index in [1.54, 1.807) is 0 Å². The maximum absolute atomic E-state index is 9.23. The van der Waals surface area contributed by atoms with Gasteiger partial charge in [0.1, 0.15) is 5.02 Å². The fourth-order valence-corrected chi connectivity index (χ4v) is 2.86. The van der Waals surface area contributed by atoms with Gasteiger partial charge in [0, 0.05) is 19.7 Å². The minimum absolute atomic E-state index is 0.237. The largest absolute Gasteiger partial charge is 0.396 e. The van der Waals surface area contributed by atoms with Crippen LogP contribution in [0.2, 0.25) is 5.02 Å². The molecule has 1 aliphatic heterocycles. The summed E-state index contributed by atoms with van der Waals surface area (Å²) in [6.07, 6.45) is 3.31. The molecular formula is C14H24ClN5O. The second-order valence-corrected chi connectivity index (χ2v) is 5.98. The van der Waals surface area contributed by atoms with Gasteiger partial charge in [-0.3, -0.25) is 0 Å². The van der Waals surface area contributed by atoms with Crippen LogP contribution in [0.5, 0.6) is 0 Å². The van der Waals surface area contributed by atoms with E-state index in [1.807, 2.05) is 6.92 Å². The molecule has 0 aromatic carbocycles. The van der Waals surface area contributed by atoms with Crippen molar-refractivity contribution in [2.24, 2.45) is 5.92 Å². The maximum atomic E-state index is 9.23. The fraction of sp³-hybridized carbons (Fsp3) is 0.714. The molecule has 1 unspecified atom stereocenters. The third kappa shape index (κ3) is 4.69. The van der Waals surface area contributed by atoms with Crippen LogP contribution >= 0.6 is 11.6 Å². The van der Waals surface area contributed by atoms with Crippen LogP contribution in [-0.2, 0) is 0 Å². The van der Waals surface area contributed by atoms with Crippen LogP contribution < -0.4 is 11.1 Å². The molecule has 2 rings (SSSR count). The van der Waals surface area contributed by atoms with E-state index in [0.717, 1.165) is 39.0 Å². The fourth-order valence-electron chi connectivity index (χ4n) is 2.71. The summed E-state index contributed by atoms with van der Waals surface area (Å²) < 4.78 is 0. The van der Waals surface area contributed by atoms with Gasteiger partial charge < -0.3 is 21.1 Å². The van der Waals surface area contributed by atoms with Gasteiger partial charge in [0.2, 0.25) is 5.95 Å². The Morgan fingerprint density at radius 3 is 3.05 bits per heavy atom. The predicted octanol–water partition coefficient (Wildman–Crippen LogP) is 1.53. The Hall–Kier alpha value is -1.11. The Bertz CT molecular complexity index is 471. The summed E-state index contributed by atoms with van der Waals surface area (Å²) in [6.45, 7) is 6.03. The number of aliphatic hydroxyl groups is 1. The number of aryl methyl sites for hydroxylation is 1. The van der Waals surface area contributed by atoms with Crippen molar-refractivity contribution in [2.45, 2.75) is 26.2 Å². The summed E-state index contributed by atoms with van der Waals surface area (Å²) >= 11 is 6.15. The van der Waals surface area contributed by atoms with Crippen molar-refractivity contribution in [1.29, 1.82) is 0 Å². The number of halogens is 1. The van der Waals surface area contributed by atoms with Gasteiger partial charge in [0.05, 0.1) is 5.69 Å². The zero-order valence-corrected chi connectivity index (χ0v) is 13.2. The van der Waals surface area contributed by atoms with Gasteiger partial charge in [-0.2, -0.15) is 4.98 Å². The molecule has 7 heteroatoms. The van der Waals surface area contributed by atoms with E-state index in [0.29, 0.717) is 29.1 Å². The van der Waals surface area contributed by atoms with Crippen LogP contribution in [0.15, 0.2) is 0 Å². The lowest BCUT2D eigenvalue weighted by Gasteiger charge is -2.31. The Morgan fingerprint density at radius 1 is 1.48 bits per heavy atom. The molecule has 0 aliphatic carbocycles. The van der Waals surface area contributed by atoms with Gasteiger partial charge >= 0.3 is 0 Å². The van der Waals surface area contributed by atoms with Gasteiger partial charge in [-0.25, -0.2) is 4.98 Å².